The maximum Gasteiger partial charge on any atom is 0.123 e. The van der Waals surface area contributed by atoms with Gasteiger partial charge in [0.1, 0.15) is 5.82 Å². The summed E-state index contributed by atoms with van der Waals surface area (Å²) >= 11 is 1.60. The average Bonchev–Trinajstić information content (AvgIpc) is 3.06. The zero-order chi connectivity index (χ0) is 14.1. The number of nitrogens with zero attached hydrogens (tertiary/aromatic N) is 2. The zero-order valence-corrected chi connectivity index (χ0v) is 11.8. The van der Waals surface area contributed by atoms with Crippen LogP contribution in [0.3, 0.4) is 0 Å². The lowest BCUT2D eigenvalue weighted by Gasteiger charge is -2.11. The average molecular weight is 290 g/mol. The molecule has 1 unspecified atom stereocenters. The third-order valence-corrected chi connectivity index (χ3v) is 4.44. The van der Waals surface area contributed by atoms with Crippen LogP contribution in [0.15, 0.2) is 36.7 Å². The minimum Gasteiger partial charge on any atom is -0.273 e. The molecule has 0 radical (unpaired) electrons. The normalized spacial score (nSPS) is 12.9. The number of aryl methyl sites for hydroxylation is 1. The smallest absolute Gasteiger partial charge is 0.123 e. The summed E-state index contributed by atoms with van der Waals surface area (Å²) in [7, 11) is 0. The lowest BCUT2D eigenvalue weighted by molar-refractivity contribution is 0.629. The summed E-state index contributed by atoms with van der Waals surface area (Å²) in [6.07, 6.45) is 3.77. The highest BCUT2D eigenvalue weighted by Crippen LogP contribution is 2.33. The quantitative estimate of drug-likeness (QED) is 0.574. The number of hydrogen-bond donors (Lipinski definition) is 2. The highest BCUT2D eigenvalue weighted by molar-refractivity contribution is 7.19. The van der Waals surface area contributed by atoms with Gasteiger partial charge in [0, 0.05) is 27.9 Å². The van der Waals surface area contributed by atoms with Gasteiger partial charge in [0.05, 0.1) is 12.2 Å². The van der Waals surface area contributed by atoms with Crippen molar-refractivity contribution < 1.29 is 4.39 Å². The molecule has 3 rings (SSSR count). The van der Waals surface area contributed by atoms with Crippen molar-refractivity contribution in [3.05, 3.63) is 52.9 Å². The van der Waals surface area contributed by atoms with Crippen molar-refractivity contribution >= 4 is 21.4 Å². The molecule has 0 amide bonds. The third-order valence-electron chi connectivity index (χ3n) is 3.26. The van der Waals surface area contributed by atoms with Gasteiger partial charge in [-0.25, -0.2) is 9.82 Å². The van der Waals surface area contributed by atoms with Crippen molar-refractivity contribution in [1.82, 2.24) is 15.2 Å². The van der Waals surface area contributed by atoms with Gasteiger partial charge in [0.15, 0.2) is 0 Å². The van der Waals surface area contributed by atoms with E-state index < -0.39 is 0 Å². The third kappa shape index (κ3) is 2.33. The van der Waals surface area contributed by atoms with E-state index in [0.717, 1.165) is 27.1 Å². The van der Waals surface area contributed by atoms with Gasteiger partial charge in [-0.15, -0.1) is 11.3 Å². The number of hydrogen-bond acceptors (Lipinski definition) is 4. The van der Waals surface area contributed by atoms with E-state index in [1.165, 1.54) is 6.07 Å². The van der Waals surface area contributed by atoms with Crippen LogP contribution in [0.25, 0.3) is 10.1 Å². The first kappa shape index (κ1) is 13.2. The summed E-state index contributed by atoms with van der Waals surface area (Å²) < 4.78 is 16.2. The summed E-state index contributed by atoms with van der Waals surface area (Å²) in [5.41, 5.74) is 3.81. The van der Waals surface area contributed by atoms with E-state index >= 15 is 0 Å². The molecule has 0 saturated carbocycles. The van der Waals surface area contributed by atoms with E-state index in [9.17, 15) is 4.39 Å². The molecule has 6 heteroatoms. The summed E-state index contributed by atoms with van der Waals surface area (Å²) in [5.74, 6) is 5.46. The number of nitrogens with one attached hydrogen (secondary N) is 1. The molecular formula is C14H15FN4S. The molecular weight excluding hydrogens is 275 g/mol. The Morgan fingerprint density at radius 1 is 1.45 bits per heavy atom. The Labute approximate surface area is 120 Å². The second-order valence-corrected chi connectivity index (χ2v) is 5.68. The highest BCUT2D eigenvalue weighted by Gasteiger charge is 2.17. The van der Waals surface area contributed by atoms with Crippen LogP contribution in [0.4, 0.5) is 4.39 Å². The number of aromatic nitrogens is 2. The number of halogens is 1. The van der Waals surface area contributed by atoms with Gasteiger partial charge in [0.2, 0.25) is 0 Å². The molecule has 20 heavy (non-hydrogen) atoms. The molecule has 0 aliphatic carbocycles. The van der Waals surface area contributed by atoms with Crippen LogP contribution in [-0.4, -0.2) is 9.78 Å². The molecule has 0 spiro atoms. The maximum atomic E-state index is 13.3. The lowest BCUT2D eigenvalue weighted by atomic mass is 10.1. The predicted molar refractivity (Wildman–Crippen MR) is 78.9 cm³/mol. The molecule has 104 valence electrons. The van der Waals surface area contributed by atoms with Crippen LogP contribution >= 0.6 is 11.3 Å². The van der Waals surface area contributed by atoms with Gasteiger partial charge < -0.3 is 0 Å². The Kier molecular flexibility index (Phi) is 3.52. The number of rotatable bonds is 4. The topological polar surface area (TPSA) is 55.9 Å². The second kappa shape index (κ2) is 5.32. The van der Waals surface area contributed by atoms with Gasteiger partial charge in [-0.05, 0) is 36.6 Å². The van der Waals surface area contributed by atoms with Crippen molar-refractivity contribution in [3.8, 4) is 0 Å². The van der Waals surface area contributed by atoms with Crippen molar-refractivity contribution in [2.45, 2.75) is 19.5 Å². The van der Waals surface area contributed by atoms with E-state index in [2.05, 4.69) is 10.5 Å². The molecule has 0 saturated heterocycles. The Morgan fingerprint density at radius 2 is 2.30 bits per heavy atom. The summed E-state index contributed by atoms with van der Waals surface area (Å²) in [5, 5.41) is 5.16. The minimum atomic E-state index is -0.224. The van der Waals surface area contributed by atoms with E-state index in [0.29, 0.717) is 0 Å². The molecule has 1 aromatic carbocycles. The monoisotopic (exact) mass is 290 g/mol. The number of benzene rings is 1. The standard InChI is InChI=1S/C14H15FN4S/c1-2-19-8-10(7-17-19)14(18-16)13-6-9-5-11(15)3-4-12(9)20-13/h3-8,14,18H,2,16H2,1H3. The molecule has 4 nitrogen and oxygen atoms in total. The Balaban J connectivity index is 2.02. The molecule has 2 heterocycles. The van der Waals surface area contributed by atoms with Crippen LogP contribution in [0.1, 0.15) is 23.4 Å². The fourth-order valence-electron chi connectivity index (χ4n) is 2.22. The maximum absolute atomic E-state index is 13.3. The summed E-state index contributed by atoms with van der Waals surface area (Å²) in [6.45, 7) is 2.85. The van der Waals surface area contributed by atoms with Crippen molar-refractivity contribution in [1.29, 1.82) is 0 Å². The first-order valence-corrected chi connectivity index (χ1v) is 7.20. The minimum absolute atomic E-state index is 0.129. The highest BCUT2D eigenvalue weighted by atomic mass is 32.1. The van der Waals surface area contributed by atoms with Crippen molar-refractivity contribution in [2.24, 2.45) is 5.84 Å². The van der Waals surface area contributed by atoms with Gasteiger partial charge in [-0.2, -0.15) is 5.10 Å². The molecule has 0 fully saturated rings. The van der Waals surface area contributed by atoms with Crippen LogP contribution in [0.5, 0.6) is 0 Å². The SMILES string of the molecule is CCn1cc(C(NN)c2cc3cc(F)ccc3s2)cn1. The lowest BCUT2D eigenvalue weighted by Crippen LogP contribution is -2.27. The van der Waals surface area contributed by atoms with Crippen molar-refractivity contribution in [2.75, 3.05) is 0 Å². The molecule has 2 aromatic heterocycles. The fraction of sp³-hybridized carbons (Fsp3) is 0.214. The Morgan fingerprint density at radius 3 is 3.00 bits per heavy atom. The van der Waals surface area contributed by atoms with Crippen LogP contribution in [0.2, 0.25) is 0 Å². The molecule has 3 aromatic rings. The van der Waals surface area contributed by atoms with Gasteiger partial charge >= 0.3 is 0 Å². The van der Waals surface area contributed by atoms with E-state index in [4.69, 9.17) is 5.84 Å². The first-order chi connectivity index (χ1) is 9.71. The van der Waals surface area contributed by atoms with E-state index in [1.807, 2.05) is 23.9 Å². The molecule has 0 bridgehead atoms. The largest absolute Gasteiger partial charge is 0.273 e. The van der Waals surface area contributed by atoms with Crippen molar-refractivity contribution in [3.63, 3.8) is 0 Å². The second-order valence-electron chi connectivity index (χ2n) is 4.56. The number of nitrogens with two attached hydrogens (primary N) is 1. The summed E-state index contributed by atoms with van der Waals surface area (Å²) in [6, 6.07) is 6.65. The molecule has 3 N–H and O–H groups in total. The number of thiophene rings is 1. The van der Waals surface area contributed by atoms with E-state index in [1.54, 1.807) is 29.7 Å². The molecule has 0 aliphatic rings. The number of hydrazine groups is 1. The summed E-state index contributed by atoms with van der Waals surface area (Å²) in [4.78, 5) is 1.05. The molecule has 0 aliphatic heterocycles. The zero-order valence-electron chi connectivity index (χ0n) is 11.0. The van der Waals surface area contributed by atoms with Crippen LogP contribution < -0.4 is 11.3 Å². The molecule has 1 atom stereocenters. The fourth-order valence-corrected chi connectivity index (χ4v) is 3.35. The van der Waals surface area contributed by atoms with Gasteiger partial charge in [-0.1, -0.05) is 0 Å². The van der Waals surface area contributed by atoms with Gasteiger partial charge in [-0.3, -0.25) is 10.5 Å². The van der Waals surface area contributed by atoms with Crippen LogP contribution in [-0.2, 0) is 6.54 Å². The Bertz CT molecular complexity index is 734. The van der Waals surface area contributed by atoms with Gasteiger partial charge in [0.25, 0.3) is 0 Å². The number of fused-ring (bicyclic) bond motifs is 1. The van der Waals surface area contributed by atoms with Crippen LogP contribution in [0, 0.1) is 5.82 Å². The van der Waals surface area contributed by atoms with E-state index in [-0.39, 0.29) is 11.9 Å². The first-order valence-electron chi connectivity index (χ1n) is 6.38. The Hall–Kier alpha value is -1.76. The predicted octanol–water partition coefficient (Wildman–Crippen LogP) is 2.81.